The molecule has 90 valence electrons. The van der Waals surface area contributed by atoms with Gasteiger partial charge in [-0.3, -0.25) is 0 Å². The Morgan fingerprint density at radius 3 is 2.38 bits per heavy atom. The lowest BCUT2D eigenvalue weighted by Gasteiger charge is -2.28. The Morgan fingerprint density at radius 1 is 1.38 bits per heavy atom. The van der Waals surface area contributed by atoms with Gasteiger partial charge in [0.1, 0.15) is 5.54 Å². The van der Waals surface area contributed by atoms with Gasteiger partial charge in [-0.2, -0.15) is 5.26 Å². The summed E-state index contributed by atoms with van der Waals surface area (Å²) in [5, 5.41) is 12.2. The molecule has 1 rings (SSSR count). The lowest BCUT2D eigenvalue weighted by atomic mass is 9.92. The number of amides is 2. The van der Waals surface area contributed by atoms with Crippen LogP contribution in [0, 0.1) is 11.3 Å². The SMILES string of the molecule is CCN(C)C(=O)NC1(C#N)CCCCCC1. The van der Waals surface area contributed by atoms with Crippen LogP contribution in [0.15, 0.2) is 0 Å². The van der Waals surface area contributed by atoms with E-state index in [-0.39, 0.29) is 6.03 Å². The molecule has 1 saturated carbocycles. The first-order chi connectivity index (χ1) is 7.63. The molecule has 0 spiro atoms. The van der Waals surface area contributed by atoms with E-state index in [4.69, 9.17) is 0 Å². The highest BCUT2D eigenvalue weighted by atomic mass is 16.2. The van der Waals surface area contributed by atoms with Crippen LogP contribution in [0.2, 0.25) is 0 Å². The summed E-state index contributed by atoms with van der Waals surface area (Å²) in [7, 11) is 1.75. The second kappa shape index (κ2) is 5.74. The third-order valence-electron chi connectivity index (χ3n) is 3.34. The fraction of sp³-hybridized carbons (Fsp3) is 0.833. The molecular weight excluding hydrogens is 202 g/mol. The van der Waals surface area contributed by atoms with Crippen LogP contribution in [-0.2, 0) is 0 Å². The van der Waals surface area contributed by atoms with Gasteiger partial charge in [0.2, 0.25) is 0 Å². The minimum absolute atomic E-state index is 0.133. The number of urea groups is 1. The van der Waals surface area contributed by atoms with E-state index in [1.807, 2.05) is 6.92 Å². The summed E-state index contributed by atoms with van der Waals surface area (Å²) < 4.78 is 0. The van der Waals surface area contributed by atoms with Crippen molar-refractivity contribution >= 4 is 6.03 Å². The summed E-state index contributed by atoms with van der Waals surface area (Å²) >= 11 is 0. The van der Waals surface area contributed by atoms with E-state index in [1.165, 1.54) is 12.8 Å². The Balaban J connectivity index is 2.65. The summed E-state index contributed by atoms with van der Waals surface area (Å²) in [5.74, 6) is 0. The van der Waals surface area contributed by atoms with Crippen LogP contribution in [0.3, 0.4) is 0 Å². The fourth-order valence-electron chi connectivity index (χ4n) is 2.04. The fourth-order valence-corrected chi connectivity index (χ4v) is 2.04. The quantitative estimate of drug-likeness (QED) is 0.730. The molecule has 16 heavy (non-hydrogen) atoms. The largest absolute Gasteiger partial charge is 0.328 e. The molecule has 1 N–H and O–H groups in total. The smallest absolute Gasteiger partial charge is 0.318 e. The molecule has 0 aromatic carbocycles. The number of nitrogens with one attached hydrogen (secondary N) is 1. The highest BCUT2D eigenvalue weighted by molar-refractivity contribution is 5.75. The van der Waals surface area contributed by atoms with Gasteiger partial charge in [0.25, 0.3) is 0 Å². The number of hydrogen-bond acceptors (Lipinski definition) is 2. The number of nitrogens with zero attached hydrogens (tertiary/aromatic N) is 2. The Morgan fingerprint density at radius 2 is 1.94 bits per heavy atom. The van der Waals surface area contributed by atoms with Crippen LogP contribution in [0.5, 0.6) is 0 Å². The summed E-state index contributed by atoms with van der Waals surface area (Å²) in [4.78, 5) is 13.4. The van der Waals surface area contributed by atoms with Crippen molar-refractivity contribution in [3.05, 3.63) is 0 Å². The van der Waals surface area contributed by atoms with Crippen molar-refractivity contribution in [1.82, 2.24) is 10.2 Å². The maximum Gasteiger partial charge on any atom is 0.318 e. The zero-order valence-electron chi connectivity index (χ0n) is 10.3. The average Bonchev–Trinajstić information content (AvgIpc) is 2.54. The average molecular weight is 223 g/mol. The van der Waals surface area contributed by atoms with E-state index in [0.29, 0.717) is 6.54 Å². The highest BCUT2D eigenvalue weighted by Gasteiger charge is 2.33. The molecule has 0 saturated heterocycles. The standard InChI is InChI=1S/C12H21N3O/c1-3-15(2)11(16)14-12(10-13)8-6-4-5-7-9-12/h3-9H2,1-2H3,(H,14,16). The molecule has 4 heteroatoms. The van der Waals surface area contributed by atoms with Gasteiger partial charge in [0.15, 0.2) is 0 Å². The van der Waals surface area contributed by atoms with Gasteiger partial charge in [-0.1, -0.05) is 25.7 Å². The lowest BCUT2D eigenvalue weighted by molar-refractivity contribution is 0.198. The van der Waals surface area contributed by atoms with Crippen LogP contribution in [0.1, 0.15) is 45.4 Å². The van der Waals surface area contributed by atoms with Gasteiger partial charge < -0.3 is 10.2 Å². The van der Waals surface area contributed by atoms with Gasteiger partial charge >= 0.3 is 6.03 Å². The van der Waals surface area contributed by atoms with E-state index in [0.717, 1.165) is 25.7 Å². The van der Waals surface area contributed by atoms with E-state index in [1.54, 1.807) is 11.9 Å². The van der Waals surface area contributed by atoms with Gasteiger partial charge in [-0.25, -0.2) is 4.79 Å². The number of hydrogen-bond donors (Lipinski definition) is 1. The third-order valence-corrected chi connectivity index (χ3v) is 3.34. The molecule has 0 unspecified atom stereocenters. The number of nitriles is 1. The van der Waals surface area contributed by atoms with Gasteiger partial charge in [0, 0.05) is 13.6 Å². The summed E-state index contributed by atoms with van der Waals surface area (Å²) in [6.45, 7) is 2.58. The van der Waals surface area contributed by atoms with Crippen LogP contribution in [-0.4, -0.2) is 30.1 Å². The van der Waals surface area contributed by atoms with Crippen molar-refractivity contribution in [1.29, 1.82) is 5.26 Å². The van der Waals surface area contributed by atoms with E-state index in [2.05, 4.69) is 11.4 Å². The van der Waals surface area contributed by atoms with Gasteiger partial charge in [-0.05, 0) is 19.8 Å². The normalized spacial score (nSPS) is 19.3. The third kappa shape index (κ3) is 3.13. The molecule has 0 radical (unpaired) electrons. The minimum Gasteiger partial charge on any atom is -0.328 e. The van der Waals surface area contributed by atoms with Crippen molar-refractivity contribution in [2.75, 3.05) is 13.6 Å². The van der Waals surface area contributed by atoms with Crippen LogP contribution >= 0.6 is 0 Å². The molecule has 0 aliphatic heterocycles. The maximum absolute atomic E-state index is 11.8. The monoisotopic (exact) mass is 223 g/mol. The zero-order chi connectivity index (χ0) is 12.0. The van der Waals surface area contributed by atoms with E-state index in [9.17, 15) is 10.1 Å². The van der Waals surface area contributed by atoms with E-state index < -0.39 is 5.54 Å². The molecule has 1 aliphatic rings. The van der Waals surface area contributed by atoms with Crippen molar-refractivity contribution < 1.29 is 4.79 Å². The minimum atomic E-state index is -0.628. The Labute approximate surface area is 97.6 Å². The molecule has 4 nitrogen and oxygen atoms in total. The maximum atomic E-state index is 11.8. The topological polar surface area (TPSA) is 56.1 Å². The Hall–Kier alpha value is -1.24. The molecule has 0 aromatic rings. The number of carbonyl (C=O) groups excluding carboxylic acids is 1. The predicted octanol–water partition coefficient (Wildman–Crippen LogP) is 2.26. The number of carbonyl (C=O) groups is 1. The first-order valence-corrected chi connectivity index (χ1v) is 6.08. The van der Waals surface area contributed by atoms with Crippen LogP contribution < -0.4 is 5.32 Å². The van der Waals surface area contributed by atoms with Crippen LogP contribution in [0.25, 0.3) is 0 Å². The van der Waals surface area contributed by atoms with Gasteiger partial charge in [0.05, 0.1) is 6.07 Å². The van der Waals surface area contributed by atoms with Crippen molar-refractivity contribution in [3.63, 3.8) is 0 Å². The molecule has 0 atom stereocenters. The first kappa shape index (κ1) is 12.8. The molecular formula is C12H21N3O. The van der Waals surface area contributed by atoms with Crippen molar-refractivity contribution in [3.8, 4) is 6.07 Å². The van der Waals surface area contributed by atoms with Gasteiger partial charge in [-0.15, -0.1) is 0 Å². The van der Waals surface area contributed by atoms with E-state index >= 15 is 0 Å². The van der Waals surface area contributed by atoms with Crippen LogP contribution in [0.4, 0.5) is 4.79 Å². The number of rotatable bonds is 2. The first-order valence-electron chi connectivity index (χ1n) is 6.08. The second-order valence-corrected chi connectivity index (χ2v) is 4.55. The Bertz CT molecular complexity index is 274. The highest BCUT2D eigenvalue weighted by Crippen LogP contribution is 2.26. The molecule has 0 aromatic heterocycles. The summed E-state index contributed by atoms with van der Waals surface area (Å²) in [6.07, 6.45) is 5.97. The molecule has 2 amide bonds. The molecule has 1 fully saturated rings. The van der Waals surface area contributed by atoms with Crippen molar-refractivity contribution in [2.45, 2.75) is 51.0 Å². The predicted molar refractivity (Wildman–Crippen MR) is 62.9 cm³/mol. The second-order valence-electron chi connectivity index (χ2n) is 4.55. The lowest BCUT2D eigenvalue weighted by Crippen LogP contribution is -2.51. The molecule has 0 heterocycles. The summed E-state index contributed by atoms with van der Waals surface area (Å²) in [5.41, 5.74) is -0.628. The molecule has 1 aliphatic carbocycles. The molecule has 0 bridgehead atoms. The van der Waals surface area contributed by atoms with Crippen molar-refractivity contribution in [2.24, 2.45) is 0 Å². The summed E-state index contributed by atoms with van der Waals surface area (Å²) in [6, 6.07) is 2.18. The zero-order valence-corrected chi connectivity index (χ0v) is 10.3. The Kier molecular flexibility index (Phi) is 4.60.